The summed E-state index contributed by atoms with van der Waals surface area (Å²) >= 11 is 0. The molecule has 0 aliphatic rings. The van der Waals surface area contributed by atoms with E-state index >= 15 is 0 Å². The summed E-state index contributed by atoms with van der Waals surface area (Å²) in [5.74, 6) is 3.32. The van der Waals surface area contributed by atoms with E-state index in [-0.39, 0.29) is 0 Å². The molecule has 2 aromatic heterocycles. The van der Waals surface area contributed by atoms with Gasteiger partial charge in [0.2, 0.25) is 0 Å². The van der Waals surface area contributed by atoms with Crippen LogP contribution in [0.15, 0.2) is 52.9 Å². The number of imidazole rings is 1. The average molecular weight is 359 g/mol. The summed E-state index contributed by atoms with van der Waals surface area (Å²) in [6, 6.07) is 16.8. The minimum absolute atomic E-state index is 0.293. The van der Waals surface area contributed by atoms with Gasteiger partial charge in [0.25, 0.3) is 0 Å². The monoisotopic (exact) mass is 359 g/mol. The van der Waals surface area contributed by atoms with Crippen LogP contribution in [0.2, 0.25) is 0 Å². The predicted octanol–water partition coefficient (Wildman–Crippen LogP) is 6.00. The summed E-state index contributed by atoms with van der Waals surface area (Å²) in [6.07, 6.45) is 0.937. The van der Waals surface area contributed by atoms with E-state index in [1.54, 1.807) is 0 Å². The van der Waals surface area contributed by atoms with E-state index in [1.165, 1.54) is 5.56 Å². The second-order valence-corrected chi connectivity index (χ2v) is 7.56. The largest absolute Gasteiger partial charge is 0.440 e. The van der Waals surface area contributed by atoms with Crippen LogP contribution in [-0.2, 0) is 6.42 Å². The summed E-state index contributed by atoms with van der Waals surface area (Å²) < 4.78 is 5.96. The molecule has 0 saturated carbocycles. The van der Waals surface area contributed by atoms with Crippen molar-refractivity contribution in [3.05, 3.63) is 71.5 Å². The van der Waals surface area contributed by atoms with E-state index in [0.29, 0.717) is 11.8 Å². The zero-order valence-electron chi connectivity index (χ0n) is 16.3. The van der Waals surface area contributed by atoms with Crippen LogP contribution in [-0.4, -0.2) is 15.0 Å². The van der Waals surface area contributed by atoms with E-state index in [2.05, 4.69) is 61.1 Å². The van der Waals surface area contributed by atoms with Crippen LogP contribution in [0, 0.1) is 6.92 Å². The molecule has 4 rings (SSSR count). The topological polar surface area (TPSA) is 54.7 Å². The number of benzene rings is 2. The maximum absolute atomic E-state index is 5.96. The molecular weight excluding hydrogens is 334 g/mol. The Balaban J connectivity index is 1.52. The number of aromatic nitrogens is 3. The molecule has 0 spiro atoms. The van der Waals surface area contributed by atoms with Crippen molar-refractivity contribution in [2.45, 2.75) is 46.0 Å². The molecule has 2 heterocycles. The first kappa shape index (κ1) is 17.5. The van der Waals surface area contributed by atoms with Crippen molar-refractivity contribution in [3.63, 3.8) is 0 Å². The standard InChI is InChI=1S/C23H25N3O/c1-14(2)23-24-16(4)21(27-23)18-11-9-17(10-12-18)13-15(3)22-25-19-7-5-6-8-20(19)26-22/h5-12,14-15H,13H2,1-4H3,(H,25,26). The van der Waals surface area contributed by atoms with Gasteiger partial charge in [-0.25, -0.2) is 9.97 Å². The Kier molecular flexibility index (Phi) is 4.56. The van der Waals surface area contributed by atoms with Gasteiger partial charge in [-0.2, -0.15) is 0 Å². The smallest absolute Gasteiger partial charge is 0.197 e. The third kappa shape index (κ3) is 3.52. The number of aromatic amines is 1. The summed E-state index contributed by atoms with van der Waals surface area (Å²) in [6.45, 7) is 8.40. The Hall–Kier alpha value is -2.88. The molecule has 0 radical (unpaired) electrons. The molecule has 2 aromatic carbocycles. The highest BCUT2D eigenvalue weighted by Crippen LogP contribution is 2.28. The number of hydrogen-bond acceptors (Lipinski definition) is 3. The molecule has 0 bridgehead atoms. The zero-order chi connectivity index (χ0) is 19.0. The lowest BCUT2D eigenvalue weighted by atomic mass is 9.99. The molecule has 4 heteroatoms. The second-order valence-electron chi connectivity index (χ2n) is 7.56. The van der Waals surface area contributed by atoms with Gasteiger partial charge in [-0.05, 0) is 31.0 Å². The quantitative estimate of drug-likeness (QED) is 0.476. The van der Waals surface area contributed by atoms with Crippen molar-refractivity contribution in [2.24, 2.45) is 0 Å². The van der Waals surface area contributed by atoms with Gasteiger partial charge in [-0.3, -0.25) is 0 Å². The molecule has 0 aliphatic carbocycles. The fourth-order valence-corrected chi connectivity index (χ4v) is 3.38. The third-order valence-electron chi connectivity index (χ3n) is 4.94. The van der Waals surface area contributed by atoms with Crippen molar-refractivity contribution in [1.29, 1.82) is 0 Å². The number of para-hydroxylation sites is 2. The van der Waals surface area contributed by atoms with Crippen LogP contribution < -0.4 is 0 Å². The summed E-state index contributed by atoms with van der Waals surface area (Å²) in [7, 11) is 0. The fraction of sp³-hybridized carbons (Fsp3) is 0.304. The molecule has 4 nitrogen and oxygen atoms in total. The SMILES string of the molecule is Cc1nc(C(C)C)oc1-c1ccc(CC(C)c2nc3ccccc3[nH]2)cc1. The number of aryl methyl sites for hydroxylation is 1. The Morgan fingerprint density at radius 2 is 1.70 bits per heavy atom. The van der Waals surface area contributed by atoms with Gasteiger partial charge in [0.05, 0.1) is 16.7 Å². The number of rotatable bonds is 5. The molecule has 0 aliphatic heterocycles. The number of oxazole rings is 1. The minimum Gasteiger partial charge on any atom is -0.440 e. The van der Waals surface area contributed by atoms with E-state index < -0.39 is 0 Å². The van der Waals surface area contributed by atoms with Crippen LogP contribution in [0.4, 0.5) is 0 Å². The Labute approximate surface area is 159 Å². The molecular formula is C23H25N3O. The van der Waals surface area contributed by atoms with E-state index in [9.17, 15) is 0 Å². The van der Waals surface area contributed by atoms with Crippen LogP contribution in [0.25, 0.3) is 22.4 Å². The van der Waals surface area contributed by atoms with Gasteiger partial charge >= 0.3 is 0 Å². The first-order valence-corrected chi connectivity index (χ1v) is 9.52. The fourth-order valence-electron chi connectivity index (χ4n) is 3.38. The second kappa shape index (κ2) is 7.03. The van der Waals surface area contributed by atoms with Crippen molar-refractivity contribution in [2.75, 3.05) is 0 Å². The summed E-state index contributed by atoms with van der Waals surface area (Å²) in [4.78, 5) is 12.7. The number of nitrogens with one attached hydrogen (secondary N) is 1. The third-order valence-corrected chi connectivity index (χ3v) is 4.94. The minimum atomic E-state index is 0.293. The van der Waals surface area contributed by atoms with Crippen LogP contribution >= 0.6 is 0 Å². The maximum atomic E-state index is 5.96. The Morgan fingerprint density at radius 3 is 2.37 bits per heavy atom. The van der Waals surface area contributed by atoms with Crippen LogP contribution in [0.1, 0.15) is 55.6 Å². The van der Waals surface area contributed by atoms with Gasteiger partial charge in [0, 0.05) is 17.4 Å². The van der Waals surface area contributed by atoms with Crippen molar-refractivity contribution in [1.82, 2.24) is 15.0 Å². The normalized spacial score (nSPS) is 12.8. The van der Waals surface area contributed by atoms with Gasteiger partial charge in [-0.1, -0.05) is 57.2 Å². The number of H-pyrrole nitrogens is 1. The first-order valence-electron chi connectivity index (χ1n) is 9.52. The number of nitrogens with zero attached hydrogens (tertiary/aromatic N) is 2. The van der Waals surface area contributed by atoms with Gasteiger partial charge in [0.15, 0.2) is 11.7 Å². The van der Waals surface area contributed by atoms with E-state index in [4.69, 9.17) is 9.40 Å². The number of fused-ring (bicyclic) bond motifs is 1. The molecule has 0 amide bonds. The molecule has 27 heavy (non-hydrogen) atoms. The molecule has 0 fully saturated rings. The van der Waals surface area contributed by atoms with Gasteiger partial charge < -0.3 is 9.40 Å². The Morgan fingerprint density at radius 1 is 0.963 bits per heavy atom. The molecule has 4 aromatic rings. The lowest BCUT2D eigenvalue weighted by Gasteiger charge is -2.09. The number of hydrogen-bond donors (Lipinski definition) is 1. The van der Waals surface area contributed by atoms with E-state index in [1.807, 2.05) is 25.1 Å². The predicted molar refractivity (Wildman–Crippen MR) is 109 cm³/mol. The highest BCUT2D eigenvalue weighted by Gasteiger charge is 2.15. The zero-order valence-corrected chi connectivity index (χ0v) is 16.3. The lowest BCUT2D eigenvalue weighted by Crippen LogP contribution is -2.00. The Bertz CT molecular complexity index is 1020. The van der Waals surface area contributed by atoms with E-state index in [0.717, 1.165) is 46.2 Å². The molecule has 1 N–H and O–H groups in total. The lowest BCUT2D eigenvalue weighted by molar-refractivity contribution is 0.481. The molecule has 1 unspecified atom stereocenters. The van der Waals surface area contributed by atoms with Crippen LogP contribution in [0.3, 0.4) is 0 Å². The van der Waals surface area contributed by atoms with Crippen molar-refractivity contribution >= 4 is 11.0 Å². The van der Waals surface area contributed by atoms with Gasteiger partial charge in [-0.15, -0.1) is 0 Å². The maximum Gasteiger partial charge on any atom is 0.197 e. The summed E-state index contributed by atoms with van der Waals surface area (Å²) in [5, 5.41) is 0. The highest BCUT2D eigenvalue weighted by molar-refractivity contribution is 5.74. The molecule has 0 saturated heterocycles. The molecule has 138 valence electrons. The highest BCUT2D eigenvalue weighted by atomic mass is 16.4. The van der Waals surface area contributed by atoms with Gasteiger partial charge in [0.1, 0.15) is 5.82 Å². The van der Waals surface area contributed by atoms with Crippen molar-refractivity contribution < 1.29 is 4.42 Å². The molecule has 1 atom stereocenters. The van der Waals surface area contributed by atoms with Crippen LogP contribution in [0.5, 0.6) is 0 Å². The summed E-state index contributed by atoms with van der Waals surface area (Å²) in [5.41, 5.74) is 5.43. The first-order chi connectivity index (χ1) is 13.0. The average Bonchev–Trinajstić information content (AvgIpc) is 3.26. The van der Waals surface area contributed by atoms with Crippen molar-refractivity contribution in [3.8, 4) is 11.3 Å².